The lowest BCUT2D eigenvalue weighted by Gasteiger charge is -2.11. The number of anilines is 1. The van der Waals surface area contributed by atoms with Crippen molar-refractivity contribution >= 4 is 51.6 Å². The van der Waals surface area contributed by atoms with Gasteiger partial charge in [-0.3, -0.25) is 0 Å². The van der Waals surface area contributed by atoms with Gasteiger partial charge in [0.1, 0.15) is 5.82 Å². The SMILES string of the molecule is COc1ccc(NC(N)=NCc2ccc(Br)c(F)c2)cc1OC.I. The largest absolute Gasteiger partial charge is 0.493 e. The summed E-state index contributed by atoms with van der Waals surface area (Å²) in [4.78, 5) is 4.19. The van der Waals surface area contributed by atoms with Crippen LogP contribution in [0.2, 0.25) is 0 Å². The van der Waals surface area contributed by atoms with E-state index in [-0.39, 0.29) is 42.3 Å². The van der Waals surface area contributed by atoms with E-state index in [1.165, 1.54) is 6.07 Å². The van der Waals surface area contributed by atoms with E-state index in [0.717, 1.165) is 5.56 Å². The van der Waals surface area contributed by atoms with Gasteiger partial charge in [-0.15, -0.1) is 24.0 Å². The Morgan fingerprint density at radius 2 is 1.88 bits per heavy atom. The van der Waals surface area contributed by atoms with Crippen LogP contribution in [0.1, 0.15) is 5.56 Å². The zero-order chi connectivity index (χ0) is 16.8. The normalized spacial score (nSPS) is 10.8. The highest BCUT2D eigenvalue weighted by molar-refractivity contribution is 14.0. The second-order valence-electron chi connectivity index (χ2n) is 4.64. The quantitative estimate of drug-likeness (QED) is 0.361. The first kappa shape index (κ1) is 20.5. The Labute approximate surface area is 165 Å². The van der Waals surface area contributed by atoms with Crippen molar-refractivity contribution in [1.29, 1.82) is 0 Å². The number of benzene rings is 2. The van der Waals surface area contributed by atoms with E-state index >= 15 is 0 Å². The molecule has 0 aromatic heterocycles. The number of ether oxygens (including phenoxy) is 2. The Hall–Kier alpha value is -1.55. The maximum atomic E-state index is 13.4. The monoisotopic (exact) mass is 509 g/mol. The lowest BCUT2D eigenvalue weighted by atomic mass is 10.2. The van der Waals surface area contributed by atoms with E-state index in [9.17, 15) is 4.39 Å². The van der Waals surface area contributed by atoms with Crippen molar-refractivity contribution in [3.05, 3.63) is 52.3 Å². The second kappa shape index (κ2) is 9.67. The van der Waals surface area contributed by atoms with Gasteiger partial charge in [0.25, 0.3) is 0 Å². The second-order valence-corrected chi connectivity index (χ2v) is 5.50. The summed E-state index contributed by atoms with van der Waals surface area (Å²) in [5.74, 6) is 1.10. The van der Waals surface area contributed by atoms with Crippen molar-refractivity contribution in [2.75, 3.05) is 19.5 Å². The third-order valence-corrected chi connectivity index (χ3v) is 3.72. The van der Waals surface area contributed by atoms with Gasteiger partial charge in [0.05, 0.1) is 25.2 Å². The van der Waals surface area contributed by atoms with Crippen molar-refractivity contribution in [2.45, 2.75) is 6.54 Å². The number of nitrogens with two attached hydrogens (primary N) is 1. The molecule has 5 nitrogen and oxygen atoms in total. The summed E-state index contributed by atoms with van der Waals surface area (Å²) >= 11 is 3.11. The number of halogens is 3. The van der Waals surface area contributed by atoms with E-state index < -0.39 is 0 Å². The van der Waals surface area contributed by atoms with Gasteiger partial charge in [0.15, 0.2) is 17.5 Å². The first-order chi connectivity index (χ1) is 11.0. The number of methoxy groups -OCH3 is 2. The first-order valence-corrected chi connectivity index (χ1v) is 7.55. The Morgan fingerprint density at radius 3 is 2.50 bits per heavy atom. The van der Waals surface area contributed by atoms with E-state index in [4.69, 9.17) is 15.2 Å². The lowest BCUT2D eigenvalue weighted by molar-refractivity contribution is 0.355. The van der Waals surface area contributed by atoms with Gasteiger partial charge in [0, 0.05) is 11.8 Å². The van der Waals surface area contributed by atoms with Crippen molar-refractivity contribution in [3.8, 4) is 11.5 Å². The number of hydrogen-bond donors (Lipinski definition) is 2. The summed E-state index contributed by atoms with van der Waals surface area (Å²) in [6, 6.07) is 10.1. The molecule has 3 N–H and O–H groups in total. The van der Waals surface area contributed by atoms with E-state index in [0.29, 0.717) is 21.7 Å². The summed E-state index contributed by atoms with van der Waals surface area (Å²) < 4.78 is 24.2. The number of aliphatic imine (C=N–C) groups is 1. The Kier molecular flexibility index (Phi) is 8.26. The van der Waals surface area contributed by atoms with Gasteiger partial charge in [-0.1, -0.05) is 6.07 Å². The molecule has 0 radical (unpaired) electrons. The maximum Gasteiger partial charge on any atom is 0.193 e. The van der Waals surface area contributed by atoms with E-state index in [2.05, 4.69) is 26.2 Å². The molecule has 0 unspecified atom stereocenters. The average molecular weight is 510 g/mol. The van der Waals surface area contributed by atoms with Crippen molar-refractivity contribution in [2.24, 2.45) is 10.7 Å². The van der Waals surface area contributed by atoms with Crippen LogP contribution in [0.25, 0.3) is 0 Å². The molecule has 0 bridgehead atoms. The van der Waals surface area contributed by atoms with Crippen LogP contribution in [0, 0.1) is 5.82 Å². The predicted molar refractivity (Wildman–Crippen MR) is 108 cm³/mol. The number of nitrogens with zero attached hydrogens (tertiary/aromatic N) is 1. The van der Waals surface area contributed by atoms with Gasteiger partial charge in [-0.25, -0.2) is 9.38 Å². The highest BCUT2D eigenvalue weighted by Crippen LogP contribution is 2.29. The molecule has 0 aliphatic heterocycles. The Balaban J connectivity index is 0.00000288. The van der Waals surface area contributed by atoms with Crippen molar-refractivity contribution < 1.29 is 13.9 Å². The Morgan fingerprint density at radius 1 is 1.17 bits per heavy atom. The summed E-state index contributed by atoms with van der Waals surface area (Å²) in [5.41, 5.74) is 7.29. The summed E-state index contributed by atoms with van der Waals surface area (Å²) in [5, 5.41) is 2.95. The fourth-order valence-corrected chi connectivity index (χ4v) is 2.16. The third kappa shape index (κ3) is 5.52. The van der Waals surface area contributed by atoms with E-state index in [1.807, 2.05) is 0 Å². The lowest BCUT2D eigenvalue weighted by Crippen LogP contribution is -2.22. The fourth-order valence-electron chi connectivity index (χ4n) is 1.92. The van der Waals surface area contributed by atoms with Gasteiger partial charge in [-0.05, 0) is 45.8 Å². The predicted octanol–water partition coefficient (Wildman–Crippen LogP) is 4.15. The zero-order valence-corrected chi connectivity index (χ0v) is 17.1. The summed E-state index contributed by atoms with van der Waals surface area (Å²) in [7, 11) is 3.12. The van der Waals surface area contributed by atoms with E-state index in [1.54, 1.807) is 44.6 Å². The molecule has 0 heterocycles. The number of nitrogens with one attached hydrogen (secondary N) is 1. The molecule has 0 atom stereocenters. The van der Waals surface area contributed by atoms with Crippen molar-refractivity contribution in [1.82, 2.24) is 0 Å². The number of guanidine groups is 1. The van der Waals surface area contributed by atoms with Gasteiger partial charge in [-0.2, -0.15) is 0 Å². The summed E-state index contributed by atoms with van der Waals surface area (Å²) in [6.45, 7) is 0.274. The molecule has 0 aliphatic rings. The molecule has 8 heteroatoms. The zero-order valence-electron chi connectivity index (χ0n) is 13.2. The molecule has 2 aromatic rings. The molecular weight excluding hydrogens is 492 g/mol. The minimum absolute atomic E-state index is 0. The molecular formula is C16H18BrFIN3O2. The minimum Gasteiger partial charge on any atom is -0.493 e. The molecule has 0 amide bonds. The van der Waals surface area contributed by atoms with Crippen LogP contribution in [0.3, 0.4) is 0 Å². The first-order valence-electron chi connectivity index (χ1n) is 6.76. The van der Waals surface area contributed by atoms with Gasteiger partial charge < -0.3 is 20.5 Å². The van der Waals surface area contributed by atoms with Crippen LogP contribution >= 0.6 is 39.9 Å². The smallest absolute Gasteiger partial charge is 0.193 e. The molecule has 0 fully saturated rings. The topological polar surface area (TPSA) is 68.9 Å². The van der Waals surface area contributed by atoms with Crippen LogP contribution in [-0.2, 0) is 6.54 Å². The molecule has 2 aromatic carbocycles. The number of hydrogen-bond acceptors (Lipinski definition) is 3. The van der Waals surface area contributed by atoms with Gasteiger partial charge >= 0.3 is 0 Å². The van der Waals surface area contributed by atoms with Crippen LogP contribution in [0.15, 0.2) is 45.9 Å². The third-order valence-electron chi connectivity index (χ3n) is 3.07. The molecule has 2 rings (SSSR count). The highest BCUT2D eigenvalue weighted by atomic mass is 127. The molecule has 24 heavy (non-hydrogen) atoms. The van der Waals surface area contributed by atoms with Crippen LogP contribution < -0.4 is 20.5 Å². The Bertz CT molecular complexity index is 728. The fraction of sp³-hybridized carbons (Fsp3) is 0.188. The summed E-state index contributed by atoms with van der Waals surface area (Å²) in [6.07, 6.45) is 0. The molecule has 0 saturated heterocycles. The highest BCUT2D eigenvalue weighted by Gasteiger charge is 2.05. The average Bonchev–Trinajstić information content (AvgIpc) is 2.55. The van der Waals surface area contributed by atoms with Crippen LogP contribution in [0.5, 0.6) is 11.5 Å². The number of rotatable bonds is 5. The molecule has 0 spiro atoms. The van der Waals surface area contributed by atoms with Gasteiger partial charge in [0.2, 0.25) is 0 Å². The van der Waals surface area contributed by atoms with Crippen LogP contribution in [-0.4, -0.2) is 20.2 Å². The molecule has 0 saturated carbocycles. The van der Waals surface area contributed by atoms with Crippen LogP contribution in [0.4, 0.5) is 10.1 Å². The van der Waals surface area contributed by atoms with Crippen molar-refractivity contribution in [3.63, 3.8) is 0 Å². The maximum absolute atomic E-state index is 13.4. The molecule has 130 valence electrons. The standard InChI is InChI=1S/C16H17BrFN3O2.HI/c1-22-14-6-4-11(8-15(14)23-2)21-16(19)20-9-10-3-5-12(17)13(18)7-10;/h3-8H,9H2,1-2H3,(H3,19,20,21);1H. The minimum atomic E-state index is -0.330. The molecule has 0 aliphatic carbocycles.